The average Bonchev–Trinajstić information content (AvgIpc) is 2.99. The number of carbonyl (C=O) groups is 2. The highest BCUT2D eigenvalue weighted by molar-refractivity contribution is 5.99. The SMILES string of the molecule is CC(=O)c1ccccc1.O=C(c1ccccc1)C(O)c1ccccc1.c1ccc(Oc2ccccc2)cc1. The summed E-state index contributed by atoms with van der Waals surface area (Å²) in [6.07, 6.45) is -1.08. The third-order valence-electron chi connectivity index (χ3n) is 5.32. The van der Waals surface area contributed by atoms with Crippen LogP contribution in [0.5, 0.6) is 11.5 Å². The summed E-state index contributed by atoms with van der Waals surface area (Å²) in [6.45, 7) is 1.56. The second-order valence-corrected chi connectivity index (χ2v) is 8.19. The van der Waals surface area contributed by atoms with E-state index in [2.05, 4.69) is 0 Å². The molecule has 0 aliphatic heterocycles. The van der Waals surface area contributed by atoms with Gasteiger partial charge in [-0.15, -0.1) is 0 Å². The Morgan fingerprint density at radius 3 is 1.24 bits per heavy atom. The number of hydrogen-bond acceptors (Lipinski definition) is 4. The Labute approximate surface area is 223 Å². The van der Waals surface area contributed by atoms with Crippen LogP contribution in [0.3, 0.4) is 0 Å². The summed E-state index contributed by atoms with van der Waals surface area (Å²) in [4.78, 5) is 22.5. The summed E-state index contributed by atoms with van der Waals surface area (Å²) in [5.41, 5.74) is 1.92. The van der Waals surface area contributed by atoms with Gasteiger partial charge in [0.25, 0.3) is 0 Å². The molecule has 0 fully saturated rings. The van der Waals surface area contributed by atoms with E-state index in [9.17, 15) is 14.7 Å². The highest BCUT2D eigenvalue weighted by atomic mass is 16.5. The molecule has 0 spiro atoms. The molecular formula is C34H30O4. The highest BCUT2D eigenvalue weighted by Gasteiger charge is 2.18. The number of Topliss-reactive ketones (excluding diaryl/α,β-unsaturated/α-hetero) is 2. The zero-order chi connectivity index (χ0) is 27.0. The van der Waals surface area contributed by atoms with Crippen LogP contribution in [0, 0.1) is 0 Å². The lowest BCUT2D eigenvalue weighted by molar-refractivity contribution is 0.0747. The Bertz CT molecular complexity index is 1320. The first-order valence-electron chi connectivity index (χ1n) is 12.2. The monoisotopic (exact) mass is 502 g/mol. The van der Waals surface area contributed by atoms with E-state index in [1.54, 1.807) is 55.5 Å². The van der Waals surface area contributed by atoms with E-state index in [0.717, 1.165) is 17.1 Å². The maximum atomic E-state index is 11.9. The first-order valence-corrected chi connectivity index (χ1v) is 12.2. The predicted octanol–water partition coefficient (Wildman–Crippen LogP) is 7.97. The van der Waals surface area contributed by atoms with Gasteiger partial charge in [0.2, 0.25) is 0 Å². The molecule has 0 amide bonds. The van der Waals surface area contributed by atoms with Crippen LogP contribution in [-0.2, 0) is 0 Å². The van der Waals surface area contributed by atoms with Crippen LogP contribution in [0.4, 0.5) is 0 Å². The molecule has 0 radical (unpaired) electrons. The normalized spacial score (nSPS) is 10.5. The molecular weight excluding hydrogens is 472 g/mol. The van der Waals surface area contributed by atoms with Gasteiger partial charge >= 0.3 is 0 Å². The molecule has 190 valence electrons. The van der Waals surface area contributed by atoms with Gasteiger partial charge in [0.1, 0.15) is 17.6 Å². The quantitative estimate of drug-likeness (QED) is 0.239. The Hall–Kier alpha value is -4.80. The lowest BCUT2D eigenvalue weighted by Gasteiger charge is -2.09. The average molecular weight is 503 g/mol. The molecule has 1 atom stereocenters. The topological polar surface area (TPSA) is 63.6 Å². The Kier molecular flexibility index (Phi) is 11.2. The van der Waals surface area contributed by atoms with E-state index in [-0.39, 0.29) is 11.6 Å². The minimum absolute atomic E-state index is 0.121. The lowest BCUT2D eigenvalue weighted by atomic mass is 10.0. The number of para-hydroxylation sites is 2. The maximum absolute atomic E-state index is 11.9. The Balaban J connectivity index is 0.000000164. The van der Waals surface area contributed by atoms with Crippen LogP contribution in [-0.4, -0.2) is 16.7 Å². The summed E-state index contributed by atoms with van der Waals surface area (Å²) in [7, 11) is 0. The molecule has 1 unspecified atom stereocenters. The fraction of sp³-hybridized carbons (Fsp3) is 0.0588. The van der Waals surface area contributed by atoms with E-state index >= 15 is 0 Å². The van der Waals surface area contributed by atoms with Crippen molar-refractivity contribution in [1.82, 2.24) is 0 Å². The molecule has 5 aromatic carbocycles. The van der Waals surface area contributed by atoms with E-state index in [4.69, 9.17) is 4.74 Å². The molecule has 38 heavy (non-hydrogen) atoms. The van der Waals surface area contributed by atoms with Gasteiger partial charge in [-0.3, -0.25) is 9.59 Å². The van der Waals surface area contributed by atoms with Crippen LogP contribution in [0.25, 0.3) is 0 Å². The van der Waals surface area contributed by atoms with Gasteiger partial charge in [-0.25, -0.2) is 0 Å². The summed E-state index contributed by atoms with van der Waals surface area (Å²) in [5.74, 6) is 1.59. The second kappa shape index (κ2) is 15.3. The molecule has 5 rings (SSSR count). The number of aliphatic hydroxyl groups excluding tert-OH is 1. The summed E-state index contributed by atoms with van der Waals surface area (Å²) >= 11 is 0. The van der Waals surface area contributed by atoms with E-state index < -0.39 is 6.10 Å². The van der Waals surface area contributed by atoms with E-state index in [0.29, 0.717) is 11.1 Å². The standard InChI is InChI=1S/C14H12O2.C12H10O.C8H8O/c15-13(11-7-3-1-4-8-11)14(16)12-9-5-2-6-10-12;1-3-7-11(8-4-1)13-12-9-5-2-6-10-12;1-7(9)8-5-3-2-4-6-8/h1-10,13,15H;1-10H;2-6H,1H3. The van der Waals surface area contributed by atoms with Crippen molar-refractivity contribution >= 4 is 11.6 Å². The van der Waals surface area contributed by atoms with Crippen LogP contribution >= 0.6 is 0 Å². The zero-order valence-corrected chi connectivity index (χ0v) is 21.2. The third-order valence-corrected chi connectivity index (χ3v) is 5.32. The van der Waals surface area contributed by atoms with Crippen LogP contribution < -0.4 is 4.74 Å². The van der Waals surface area contributed by atoms with Gasteiger partial charge in [0, 0.05) is 11.1 Å². The minimum Gasteiger partial charge on any atom is -0.457 e. The van der Waals surface area contributed by atoms with E-state index in [1.807, 2.05) is 103 Å². The van der Waals surface area contributed by atoms with Crippen LogP contribution in [0.2, 0.25) is 0 Å². The predicted molar refractivity (Wildman–Crippen MR) is 152 cm³/mol. The van der Waals surface area contributed by atoms with Crippen molar-refractivity contribution in [2.45, 2.75) is 13.0 Å². The maximum Gasteiger partial charge on any atom is 0.195 e. The molecule has 0 bridgehead atoms. The Morgan fingerprint density at radius 1 is 0.526 bits per heavy atom. The molecule has 0 aliphatic carbocycles. The van der Waals surface area contributed by atoms with E-state index in [1.165, 1.54) is 0 Å². The van der Waals surface area contributed by atoms with Crippen molar-refractivity contribution in [2.75, 3.05) is 0 Å². The number of ether oxygens (including phenoxy) is 1. The summed E-state index contributed by atoms with van der Waals surface area (Å²) in [5, 5.41) is 9.89. The van der Waals surface area contributed by atoms with Crippen molar-refractivity contribution in [1.29, 1.82) is 0 Å². The van der Waals surface area contributed by atoms with Crippen molar-refractivity contribution in [3.8, 4) is 11.5 Å². The van der Waals surface area contributed by atoms with Crippen molar-refractivity contribution in [3.05, 3.63) is 168 Å². The Morgan fingerprint density at radius 2 is 0.868 bits per heavy atom. The summed E-state index contributed by atoms with van der Waals surface area (Å²) in [6, 6.07) is 46.5. The highest BCUT2D eigenvalue weighted by Crippen LogP contribution is 2.20. The molecule has 5 aromatic rings. The van der Waals surface area contributed by atoms with Gasteiger partial charge in [-0.05, 0) is 36.8 Å². The van der Waals surface area contributed by atoms with Gasteiger partial charge in [-0.2, -0.15) is 0 Å². The molecule has 0 saturated heterocycles. The van der Waals surface area contributed by atoms with Gasteiger partial charge in [0.05, 0.1) is 0 Å². The number of aliphatic hydroxyl groups is 1. The largest absolute Gasteiger partial charge is 0.457 e. The van der Waals surface area contributed by atoms with Crippen molar-refractivity contribution < 1.29 is 19.4 Å². The van der Waals surface area contributed by atoms with Crippen molar-refractivity contribution in [2.24, 2.45) is 0 Å². The van der Waals surface area contributed by atoms with Gasteiger partial charge in [-0.1, -0.05) is 127 Å². The molecule has 1 N–H and O–H groups in total. The molecule has 0 heterocycles. The van der Waals surface area contributed by atoms with Crippen LogP contribution in [0.15, 0.2) is 152 Å². The molecule has 4 heteroatoms. The van der Waals surface area contributed by atoms with Gasteiger partial charge in [0.15, 0.2) is 11.6 Å². The van der Waals surface area contributed by atoms with Gasteiger partial charge < -0.3 is 9.84 Å². The first kappa shape index (κ1) is 27.8. The molecule has 0 aromatic heterocycles. The second-order valence-electron chi connectivity index (χ2n) is 8.19. The first-order chi connectivity index (χ1) is 18.5. The zero-order valence-electron chi connectivity index (χ0n) is 21.2. The number of hydrogen-bond donors (Lipinski definition) is 1. The molecule has 0 saturated carbocycles. The lowest BCUT2D eigenvalue weighted by Crippen LogP contribution is -2.11. The number of carbonyl (C=O) groups excluding carboxylic acids is 2. The fourth-order valence-electron chi connectivity index (χ4n) is 3.33. The summed E-state index contributed by atoms with van der Waals surface area (Å²) < 4.78 is 5.58. The smallest absolute Gasteiger partial charge is 0.195 e. The van der Waals surface area contributed by atoms with Crippen molar-refractivity contribution in [3.63, 3.8) is 0 Å². The molecule has 0 aliphatic rings. The fourth-order valence-corrected chi connectivity index (χ4v) is 3.33. The molecule has 4 nitrogen and oxygen atoms in total. The van der Waals surface area contributed by atoms with Crippen LogP contribution in [0.1, 0.15) is 39.3 Å². The number of ketones is 2. The number of benzene rings is 5. The third kappa shape index (κ3) is 9.34. The minimum atomic E-state index is -1.08. The number of rotatable bonds is 6.